The standard InChI is InChI=1S/C23H24N6OS/c1-25-18(6-7-24)19-9-16(14-8-15-12-29(2)28-22(15)26-11-14)17-10-20(31-23(17)27-19)21(30)13-4-3-5-13/h6-13,21,30H,3-5,24H2,1-2H3/b7-6-,25-18?. The summed E-state index contributed by atoms with van der Waals surface area (Å²) in [4.78, 5) is 15.6. The van der Waals surface area contributed by atoms with Gasteiger partial charge in [0, 0.05) is 47.7 Å². The molecule has 158 valence electrons. The molecule has 5 rings (SSSR count). The highest BCUT2D eigenvalue weighted by atomic mass is 32.1. The van der Waals surface area contributed by atoms with Crippen LogP contribution < -0.4 is 5.73 Å². The quantitative estimate of drug-likeness (QED) is 0.465. The second-order valence-corrected chi connectivity index (χ2v) is 9.03. The smallest absolute Gasteiger partial charge is 0.181 e. The zero-order valence-electron chi connectivity index (χ0n) is 17.5. The monoisotopic (exact) mass is 432 g/mol. The van der Waals surface area contributed by atoms with Gasteiger partial charge in [-0.2, -0.15) is 5.10 Å². The molecule has 1 atom stereocenters. The molecule has 0 amide bonds. The summed E-state index contributed by atoms with van der Waals surface area (Å²) in [6, 6.07) is 6.20. The zero-order valence-corrected chi connectivity index (χ0v) is 18.3. The Kier molecular flexibility index (Phi) is 5.03. The summed E-state index contributed by atoms with van der Waals surface area (Å²) < 4.78 is 1.76. The average Bonchev–Trinajstić information content (AvgIpc) is 3.31. The van der Waals surface area contributed by atoms with Gasteiger partial charge >= 0.3 is 0 Å². The Labute approximate surface area is 184 Å². The van der Waals surface area contributed by atoms with Gasteiger partial charge in [0.05, 0.1) is 17.5 Å². The molecular weight excluding hydrogens is 408 g/mol. The van der Waals surface area contributed by atoms with Crippen molar-refractivity contribution in [2.24, 2.45) is 23.7 Å². The first-order valence-electron chi connectivity index (χ1n) is 10.3. The van der Waals surface area contributed by atoms with Gasteiger partial charge in [-0.25, -0.2) is 9.97 Å². The molecule has 1 aliphatic carbocycles. The third kappa shape index (κ3) is 3.51. The second kappa shape index (κ2) is 7.86. The average molecular weight is 433 g/mol. The van der Waals surface area contributed by atoms with Gasteiger partial charge in [-0.3, -0.25) is 9.67 Å². The fourth-order valence-electron chi connectivity index (χ4n) is 4.08. The largest absolute Gasteiger partial charge is 0.405 e. The first-order valence-corrected chi connectivity index (χ1v) is 11.2. The van der Waals surface area contributed by atoms with Crippen molar-refractivity contribution in [3.8, 4) is 11.1 Å². The molecular formula is C23H24N6OS. The number of allylic oxidation sites excluding steroid dienone is 1. The normalized spacial score (nSPS) is 16.4. The number of aliphatic imine (C=N–C) groups is 1. The predicted molar refractivity (Wildman–Crippen MR) is 125 cm³/mol. The van der Waals surface area contributed by atoms with E-state index in [-0.39, 0.29) is 0 Å². The number of rotatable bonds is 5. The maximum absolute atomic E-state index is 10.9. The van der Waals surface area contributed by atoms with Crippen LogP contribution in [0, 0.1) is 5.92 Å². The Morgan fingerprint density at radius 1 is 1.35 bits per heavy atom. The molecule has 0 aliphatic heterocycles. The van der Waals surface area contributed by atoms with Gasteiger partial charge in [0.25, 0.3) is 0 Å². The van der Waals surface area contributed by atoms with E-state index < -0.39 is 6.10 Å². The van der Waals surface area contributed by atoms with E-state index in [4.69, 9.17) is 10.7 Å². The minimum Gasteiger partial charge on any atom is -0.405 e. The maximum Gasteiger partial charge on any atom is 0.181 e. The molecule has 4 aromatic heterocycles. The van der Waals surface area contributed by atoms with Crippen LogP contribution in [-0.4, -0.2) is 37.6 Å². The van der Waals surface area contributed by atoms with Crippen LogP contribution in [0.1, 0.15) is 35.9 Å². The van der Waals surface area contributed by atoms with Gasteiger partial charge in [0.15, 0.2) is 5.65 Å². The number of aliphatic hydroxyl groups is 1. The van der Waals surface area contributed by atoms with Gasteiger partial charge < -0.3 is 10.8 Å². The molecule has 1 fully saturated rings. The number of nitrogens with two attached hydrogens (primary N) is 1. The van der Waals surface area contributed by atoms with Crippen molar-refractivity contribution in [2.45, 2.75) is 25.4 Å². The second-order valence-electron chi connectivity index (χ2n) is 7.97. The van der Waals surface area contributed by atoms with Crippen LogP contribution >= 0.6 is 11.3 Å². The fraction of sp³-hybridized carbons (Fsp3) is 0.304. The third-order valence-electron chi connectivity index (χ3n) is 5.95. The van der Waals surface area contributed by atoms with E-state index in [9.17, 15) is 5.11 Å². The van der Waals surface area contributed by atoms with Crippen molar-refractivity contribution in [1.82, 2.24) is 19.7 Å². The van der Waals surface area contributed by atoms with Crippen LogP contribution in [0.15, 0.2) is 47.9 Å². The number of nitrogens with zero attached hydrogens (tertiary/aromatic N) is 5. The number of aryl methyl sites for hydroxylation is 1. The van der Waals surface area contributed by atoms with Gasteiger partial charge in [0.2, 0.25) is 0 Å². The van der Waals surface area contributed by atoms with Crippen molar-refractivity contribution in [1.29, 1.82) is 0 Å². The van der Waals surface area contributed by atoms with Gasteiger partial charge in [-0.05, 0) is 54.8 Å². The number of hydrogen-bond donors (Lipinski definition) is 2. The molecule has 0 aromatic carbocycles. The van der Waals surface area contributed by atoms with E-state index in [1.54, 1.807) is 29.1 Å². The molecule has 1 aliphatic rings. The number of fused-ring (bicyclic) bond motifs is 2. The van der Waals surface area contributed by atoms with Crippen LogP contribution in [0.2, 0.25) is 0 Å². The Morgan fingerprint density at radius 2 is 2.19 bits per heavy atom. The summed E-state index contributed by atoms with van der Waals surface area (Å²) in [5.41, 5.74) is 9.77. The Morgan fingerprint density at radius 3 is 2.90 bits per heavy atom. The van der Waals surface area contributed by atoms with Crippen LogP contribution in [0.3, 0.4) is 0 Å². The van der Waals surface area contributed by atoms with Gasteiger partial charge in [0.1, 0.15) is 4.83 Å². The number of aliphatic hydroxyl groups excluding tert-OH is 1. The predicted octanol–water partition coefficient (Wildman–Crippen LogP) is 3.97. The van der Waals surface area contributed by atoms with E-state index in [0.29, 0.717) is 17.3 Å². The van der Waals surface area contributed by atoms with Crippen LogP contribution in [0.5, 0.6) is 0 Å². The lowest BCUT2D eigenvalue weighted by Crippen LogP contribution is -2.19. The zero-order chi connectivity index (χ0) is 21.5. The Bertz CT molecular complexity index is 1330. The summed E-state index contributed by atoms with van der Waals surface area (Å²) in [6.07, 6.45) is 9.93. The summed E-state index contributed by atoms with van der Waals surface area (Å²) in [6.45, 7) is 0. The summed E-state index contributed by atoms with van der Waals surface area (Å²) >= 11 is 1.55. The van der Waals surface area contributed by atoms with E-state index in [1.807, 2.05) is 25.5 Å². The highest BCUT2D eigenvalue weighted by Gasteiger charge is 2.28. The molecule has 0 radical (unpaired) electrons. The lowest BCUT2D eigenvalue weighted by molar-refractivity contribution is 0.0650. The minimum absolute atomic E-state index is 0.345. The van der Waals surface area contributed by atoms with Gasteiger partial charge in [-0.15, -0.1) is 11.3 Å². The van der Waals surface area contributed by atoms with Crippen molar-refractivity contribution in [3.05, 3.63) is 53.4 Å². The molecule has 0 bridgehead atoms. The molecule has 0 saturated heterocycles. The van der Waals surface area contributed by atoms with Gasteiger partial charge in [-0.1, -0.05) is 6.42 Å². The molecule has 4 heterocycles. The Hall–Kier alpha value is -3.10. The highest BCUT2D eigenvalue weighted by molar-refractivity contribution is 7.18. The molecule has 4 aromatic rings. The van der Waals surface area contributed by atoms with Crippen molar-refractivity contribution in [2.75, 3.05) is 7.05 Å². The SMILES string of the molecule is CN=C(/C=C\N)c1cc(-c2cnc3nn(C)cc3c2)c2cc(C(O)C3CCC3)sc2n1. The number of aromatic nitrogens is 4. The summed E-state index contributed by atoms with van der Waals surface area (Å²) in [5, 5.41) is 17.2. The lowest BCUT2D eigenvalue weighted by Gasteiger charge is -2.29. The van der Waals surface area contributed by atoms with E-state index in [0.717, 1.165) is 50.1 Å². The topological polar surface area (TPSA) is 102 Å². The number of hydrogen-bond acceptors (Lipinski definition) is 7. The molecule has 0 spiro atoms. The van der Waals surface area contributed by atoms with Crippen LogP contribution in [-0.2, 0) is 7.05 Å². The number of thiophene rings is 1. The molecule has 1 unspecified atom stereocenters. The van der Waals surface area contributed by atoms with Crippen molar-refractivity contribution >= 4 is 38.3 Å². The third-order valence-corrected chi connectivity index (χ3v) is 7.05. The molecule has 7 nitrogen and oxygen atoms in total. The minimum atomic E-state index is -0.438. The molecule has 8 heteroatoms. The van der Waals surface area contributed by atoms with Crippen molar-refractivity contribution < 1.29 is 5.11 Å². The van der Waals surface area contributed by atoms with Crippen molar-refractivity contribution in [3.63, 3.8) is 0 Å². The maximum atomic E-state index is 10.9. The fourth-order valence-corrected chi connectivity index (χ4v) is 5.22. The van der Waals surface area contributed by atoms with Crippen LogP contribution in [0.4, 0.5) is 0 Å². The lowest BCUT2D eigenvalue weighted by atomic mass is 9.80. The molecule has 1 saturated carbocycles. The van der Waals surface area contributed by atoms with E-state index in [2.05, 4.69) is 27.2 Å². The number of pyridine rings is 2. The molecule has 3 N–H and O–H groups in total. The highest BCUT2D eigenvalue weighted by Crippen LogP contribution is 2.43. The first-order chi connectivity index (χ1) is 15.1. The Balaban J connectivity index is 1.71. The first kappa shape index (κ1) is 19.8. The molecule has 31 heavy (non-hydrogen) atoms. The summed E-state index contributed by atoms with van der Waals surface area (Å²) in [5.74, 6) is 0.345. The van der Waals surface area contributed by atoms with E-state index >= 15 is 0 Å². The van der Waals surface area contributed by atoms with Crippen LogP contribution in [0.25, 0.3) is 32.4 Å². The van der Waals surface area contributed by atoms with E-state index in [1.165, 1.54) is 12.6 Å². The summed E-state index contributed by atoms with van der Waals surface area (Å²) in [7, 11) is 3.62.